The first-order valence-electron chi connectivity index (χ1n) is 4.15. The fourth-order valence-corrected chi connectivity index (χ4v) is 1.96. The van der Waals surface area contributed by atoms with Crippen LogP contribution in [-0.2, 0) is 0 Å². The third-order valence-electron chi connectivity index (χ3n) is 2.62. The second-order valence-electron chi connectivity index (χ2n) is 3.36. The number of aliphatic imine (C=N–C) groups is 1. The lowest BCUT2D eigenvalue weighted by Gasteiger charge is -2.34. The molecule has 1 saturated heterocycles. The number of nitrogens with zero attached hydrogens (tertiary/aromatic N) is 2. The van der Waals surface area contributed by atoms with Gasteiger partial charge in [0.2, 0.25) is 0 Å². The Kier molecular flexibility index (Phi) is 1.40. The molecule has 10 heavy (non-hydrogen) atoms. The van der Waals surface area contributed by atoms with Crippen molar-refractivity contribution in [1.29, 1.82) is 0 Å². The summed E-state index contributed by atoms with van der Waals surface area (Å²) in [5.74, 6) is 0. The van der Waals surface area contributed by atoms with Gasteiger partial charge in [0.1, 0.15) is 0 Å². The van der Waals surface area contributed by atoms with Crippen LogP contribution in [0.15, 0.2) is 4.99 Å². The van der Waals surface area contributed by atoms with Gasteiger partial charge in [0.15, 0.2) is 0 Å². The minimum absolute atomic E-state index is 0.741. The summed E-state index contributed by atoms with van der Waals surface area (Å²) in [7, 11) is 0. The summed E-state index contributed by atoms with van der Waals surface area (Å²) in [5, 5.41) is 0. The van der Waals surface area contributed by atoms with E-state index in [2.05, 4.69) is 16.8 Å². The first-order chi connectivity index (χ1) is 4.88. The quantitative estimate of drug-likeness (QED) is 0.492. The second-order valence-corrected chi connectivity index (χ2v) is 3.36. The summed E-state index contributed by atoms with van der Waals surface area (Å²) in [5.41, 5.74) is 0. The van der Waals surface area contributed by atoms with Crippen LogP contribution in [0.2, 0.25) is 0 Å². The van der Waals surface area contributed by atoms with Gasteiger partial charge in [-0.05, 0) is 26.2 Å². The highest BCUT2D eigenvalue weighted by atomic mass is 15.3. The number of hydrogen-bond donors (Lipinski definition) is 0. The smallest absolute Gasteiger partial charge is 0.0856 e. The molecule has 0 N–H and O–H groups in total. The molecule has 0 saturated carbocycles. The van der Waals surface area contributed by atoms with Crippen molar-refractivity contribution in [2.45, 2.75) is 38.3 Å². The minimum atomic E-state index is 0.741. The molecule has 2 rings (SSSR count). The van der Waals surface area contributed by atoms with E-state index in [1.54, 1.807) is 0 Å². The highest BCUT2D eigenvalue weighted by molar-refractivity contribution is 5.58. The normalized spacial score (nSPS) is 38.3. The molecule has 2 atom stereocenters. The van der Waals surface area contributed by atoms with Crippen molar-refractivity contribution >= 4 is 6.34 Å². The maximum Gasteiger partial charge on any atom is 0.0856 e. The first kappa shape index (κ1) is 6.20. The summed E-state index contributed by atoms with van der Waals surface area (Å²) in [4.78, 5) is 6.70. The number of rotatable bonds is 0. The summed E-state index contributed by atoms with van der Waals surface area (Å²) in [6.07, 6.45) is 6.13. The van der Waals surface area contributed by atoms with Gasteiger partial charge >= 0.3 is 0 Å². The molecule has 2 aliphatic heterocycles. The molecule has 0 spiro atoms. The van der Waals surface area contributed by atoms with Crippen molar-refractivity contribution < 1.29 is 0 Å². The minimum Gasteiger partial charge on any atom is -0.355 e. The predicted octanol–water partition coefficient (Wildman–Crippen LogP) is 1.27. The van der Waals surface area contributed by atoms with Crippen LogP contribution in [0, 0.1) is 0 Å². The Morgan fingerprint density at radius 1 is 1.50 bits per heavy atom. The molecule has 2 aliphatic rings. The van der Waals surface area contributed by atoms with Gasteiger partial charge in [0, 0.05) is 12.1 Å². The zero-order valence-corrected chi connectivity index (χ0v) is 6.45. The van der Waals surface area contributed by atoms with Crippen molar-refractivity contribution in [3.05, 3.63) is 0 Å². The van der Waals surface area contributed by atoms with Gasteiger partial charge in [-0.15, -0.1) is 0 Å². The fourth-order valence-electron chi connectivity index (χ4n) is 1.96. The zero-order valence-electron chi connectivity index (χ0n) is 6.45. The zero-order chi connectivity index (χ0) is 6.97. The summed E-state index contributed by atoms with van der Waals surface area (Å²) in [6.45, 7) is 3.34. The maximum atomic E-state index is 4.28. The average molecular weight is 138 g/mol. The Hall–Kier alpha value is -0.530. The molecule has 0 aromatic rings. The van der Waals surface area contributed by atoms with Crippen molar-refractivity contribution in [3.63, 3.8) is 0 Å². The van der Waals surface area contributed by atoms with Crippen LogP contribution < -0.4 is 0 Å². The molecule has 1 fully saturated rings. The molecule has 0 radical (unpaired) electrons. The molecular weight excluding hydrogens is 124 g/mol. The van der Waals surface area contributed by atoms with Crippen LogP contribution in [0.25, 0.3) is 0 Å². The maximum absolute atomic E-state index is 4.28. The molecule has 2 nitrogen and oxygen atoms in total. The summed E-state index contributed by atoms with van der Waals surface area (Å²) in [6, 6.07) is 1.49. The molecular formula is C8H14N2. The van der Waals surface area contributed by atoms with Crippen LogP contribution >= 0.6 is 0 Å². The highest BCUT2D eigenvalue weighted by Gasteiger charge is 2.27. The van der Waals surface area contributed by atoms with Gasteiger partial charge in [0.25, 0.3) is 0 Å². The van der Waals surface area contributed by atoms with Crippen LogP contribution in [0.4, 0.5) is 0 Å². The van der Waals surface area contributed by atoms with E-state index in [1.165, 1.54) is 19.3 Å². The third-order valence-corrected chi connectivity index (χ3v) is 2.62. The lowest BCUT2D eigenvalue weighted by Crippen LogP contribution is -2.42. The largest absolute Gasteiger partial charge is 0.355 e. The SMILES string of the molecule is CC1CCCC2CN=CN12. The number of hydrogen-bond acceptors (Lipinski definition) is 2. The van der Waals surface area contributed by atoms with Gasteiger partial charge in [0.05, 0.1) is 12.9 Å². The van der Waals surface area contributed by atoms with E-state index < -0.39 is 0 Å². The van der Waals surface area contributed by atoms with E-state index in [1.807, 2.05) is 6.34 Å². The Balaban J connectivity index is 2.08. The van der Waals surface area contributed by atoms with Gasteiger partial charge in [-0.2, -0.15) is 0 Å². The van der Waals surface area contributed by atoms with Crippen LogP contribution in [0.3, 0.4) is 0 Å². The predicted molar refractivity (Wildman–Crippen MR) is 42.3 cm³/mol. The van der Waals surface area contributed by atoms with Gasteiger partial charge in [-0.25, -0.2) is 0 Å². The molecule has 0 bridgehead atoms. The van der Waals surface area contributed by atoms with Crippen LogP contribution in [0.5, 0.6) is 0 Å². The van der Waals surface area contributed by atoms with E-state index in [4.69, 9.17) is 0 Å². The van der Waals surface area contributed by atoms with Gasteiger partial charge in [-0.3, -0.25) is 4.99 Å². The molecule has 2 heterocycles. The topological polar surface area (TPSA) is 15.6 Å². The molecule has 56 valence electrons. The summed E-state index contributed by atoms with van der Waals surface area (Å²) >= 11 is 0. The molecule has 0 aromatic heterocycles. The summed E-state index contributed by atoms with van der Waals surface area (Å²) < 4.78 is 0. The van der Waals surface area contributed by atoms with E-state index in [0.717, 1.165) is 18.6 Å². The lowest BCUT2D eigenvalue weighted by atomic mass is 9.98. The Morgan fingerprint density at radius 2 is 2.40 bits per heavy atom. The van der Waals surface area contributed by atoms with Crippen molar-refractivity contribution in [1.82, 2.24) is 4.90 Å². The number of piperidine rings is 1. The van der Waals surface area contributed by atoms with Crippen LogP contribution in [0.1, 0.15) is 26.2 Å². The number of fused-ring (bicyclic) bond motifs is 1. The molecule has 2 unspecified atom stereocenters. The van der Waals surface area contributed by atoms with E-state index >= 15 is 0 Å². The van der Waals surface area contributed by atoms with Crippen LogP contribution in [-0.4, -0.2) is 29.9 Å². The lowest BCUT2D eigenvalue weighted by molar-refractivity contribution is 0.206. The monoisotopic (exact) mass is 138 g/mol. The van der Waals surface area contributed by atoms with Crippen molar-refractivity contribution in [3.8, 4) is 0 Å². The van der Waals surface area contributed by atoms with Gasteiger partial charge in [-0.1, -0.05) is 0 Å². The second kappa shape index (κ2) is 2.26. The van der Waals surface area contributed by atoms with E-state index in [0.29, 0.717) is 0 Å². The van der Waals surface area contributed by atoms with Crippen molar-refractivity contribution in [2.75, 3.05) is 6.54 Å². The Morgan fingerprint density at radius 3 is 3.20 bits per heavy atom. The van der Waals surface area contributed by atoms with Crippen molar-refractivity contribution in [2.24, 2.45) is 4.99 Å². The standard InChI is InChI=1S/C8H14N2/c1-7-3-2-4-8-5-9-6-10(7)8/h6-8H,2-5H2,1H3. The molecule has 0 aromatic carbocycles. The van der Waals surface area contributed by atoms with E-state index in [-0.39, 0.29) is 0 Å². The Bertz CT molecular complexity index is 153. The fraction of sp³-hybridized carbons (Fsp3) is 0.875. The third kappa shape index (κ3) is 0.825. The molecule has 2 heteroatoms. The highest BCUT2D eigenvalue weighted by Crippen LogP contribution is 2.23. The first-order valence-corrected chi connectivity index (χ1v) is 4.15. The van der Waals surface area contributed by atoms with E-state index in [9.17, 15) is 0 Å². The average Bonchev–Trinajstić information content (AvgIpc) is 2.36. The molecule has 0 amide bonds. The van der Waals surface area contributed by atoms with Gasteiger partial charge < -0.3 is 4.90 Å². The molecule has 0 aliphatic carbocycles. The Labute approximate surface area is 61.9 Å².